The third-order valence-corrected chi connectivity index (χ3v) is 9.34. The quantitative estimate of drug-likeness (QED) is 0.0394. The number of nitrogens with one attached hydrogen (secondary N) is 2. The Bertz CT molecular complexity index is 599. The van der Waals surface area contributed by atoms with Crippen molar-refractivity contribution in [1.29, 1.82) is 0 Å². The third kappa shape index (κ3) is 43.8. The zero-order valence-electron chi connectivity index (χ0n) is 32.1. The SMILES string of the molecule is C=C(C)C(=O)NC(CCCl)CCCCCCCCCCCCCCCC.CCCCCCCCCCCCCCCC[NH+](C)C.[Cl-]. The van der Waals surface area contributed by atoms with E-state index in [9.17, 15) is 4.79 Å². The van der Waals surface area contributed by atoms with Gasteiger partial charge in [-0.15, -0.1) is 11.6 Å². The highest BCUT2D eigenvalue weighted by Gasteiger charge is 2.11. The highest BCUT2D eigenvalue weighted by atomic mass is 35.5. The van der Waals surface area contributed by atoms with E-state index < -0.39 is 0 Å². The summed E-state index contributed by atoms with van der Waals surface area (Å²) in [6.07, 6.45) is 41.5. The Morgan fingerprint density at radius 2 is 0.870 bits per heavy atom. The van der Waals surface area contributed by atoms with Crippen LogP contribution in [0.5, 0.6) is 0 Å². The van der Waals surface area contributed by atoms with Gasteiger partial charge in [0.25, 0.3) is 0 Å². The van der Waals surface area contributed by atoms with Gasteiger partial charge in [0.15, 0.2) is 0 Å². The fourth-order valence-corrected chi connectivity index (χ4v) is 6.25. The van der Waals surface area contributed by atoms with Crippen molar-refractivity contribution in [3.63, 3.8) is 0 Å². The molecule has 46 heavy (non-hydrogen) atoms. The van der Waals surface area contributed by atoms with Crippen molar-refractivity contribution in [2.75, 3.05) is 26.5 Å². The number of carbonyl (C=O) groups excluding carboxylic acids is 1. The average Bonchev–Trinajstić information content (AvgIpc) is 3.01. The molecule has 3 nitrogen and oxygen atoms in total. The molecule has 278 valence electrons. The Kier molecular flexibility index (Phi) is 46.6. The fourth-order valence-electron chi connectivity index (χ4n) is 5.99. The summed E-state index contributed by atoms with van der Waals surface area (Å²) in [6.45, 7) is 11.4. The molecule has 1 amide bonds. The summed E-state index contributed by atoms with van der Waals surface area (Å²) in [6, 6.07) is 0.203. The molecule has 0 aliphatic carbocycles. The number of rotatable bonds is 34. The van der Waals surface area contributed by atoms with Gasteiger partial charge in [0.1, 0.15) is 0 Å². The van der Waals surface area contributed by atoms with E-state index >= 15 is 0 Å². The number of carbonyl (C=O) groups is 1. The van der Waals surface area contributed by atoms with Gasteiger partial charge >= 0.3 is 0 Å². The van der Waals surface area contributed by atoms with Gasteiger partial charge in [-0.2, -0.15) is 0 Å². The third-order valence-electron chi connectivity index (χ3n) is 9.12. The molecule has 0 fully saturated rings. The number of halogens is 2. The molecule has 0 aliphatic heterocycles. The molecule has 1 unspecified atom stereocenters. The molecule has 0 saturated heterocycles. The Morgan fingerprint density at radius 3 is 1.15 bits per heavy atom. The fraction of sp³-hybridized carbons (Fsp3) is 0.927. The monoisotopic (exact) mass is 691 g/mol. The van der Waals surface area contributed by atoms with Crippen LogP contribution in [0, 0.1) is 0 Å². The van der Waals surface area contributed by atoms with Crippen molar-refractivity contribution in [1.82, 2.24) is 5.32 Å². The van der Waals surface area contributed by atoms with Crippen LogP contribution in [0.15, 0.2) is 12.2 Å². The van der Waals surface area contributed by atoms with Crippen LogP contribution in [0.3, 0.4) is 0 Å². The van der Waals surface area contributed by atoms with E-state index in [1.54, 1.807) is 11.8 Å². The lowest BCUT2D eigenvalue weighted by atomic mass is 10.0. The summed E-state index contributed by atoms with van der Waals surface area (Å²) in [5.74, 6) is 0.560. The van der Waals surface area contributed by atoms with Crippen molar-refractivity contribution < 1.29 is 22.1 Å². The van der Waals surface area contributed by atoms with Crippen LogP contribution in [0.2, 0.25) is 0 Å². The van der Waals surface area contributed by atoms with Gasteiger partial charge in [-0.3, -0.25) is 4.79 Å². The number of unbranched alkanes of at least 4 members (excludes halogenated alkanes) is 26. The molecule has 0 aromatic carbocycles. The normalized spacial score (nSPS) is 11.5. The van der Waals surface area contributed by atoms with E-state index in [1.165, 1.54) is 186 Å². The maximum atomic E-state index is 11.7. The molecule has 0 rings (SSSR count). The largest absolute Gasteiger partial charge is 1.00 e. The smallest absolute Gasteiger partial charge is 0.246 e. The molecule has 0 radical (unpaired) electrons. The summed E-state index contributed by atoms with van der Waals surface area (Å²) in [7, 11) is 4.50. The number of amides is 1. The van der Waals surface area contributed by atoms with Crippen LogP contribution in [0.4, 0.5) is 0 Å². The lowest BCUT2D eigenvalue weighted by Gasteiger charge is -2.17. The second-order valence-electron chi connectivity index (χ2n) is 14.4. The van der Waals surface area contributed by atoms with Crippen LogP contribution in [-0.4, -0.2) is 38.5 Å². The minimum atomic E-state index is -0.0366. The highest BCUT2D eigenvalue weighted by molar-refractivity contribution is 6.17. The molecule has 1 atom stereocenters. The predicted molar refractivity (Wildman–Crippen MR) is 205 cm³/mol. The number of alkyl halides is 1. The van der Waals surface area contributed by atoms with Gasteiger partial charge in [-0.1, -0.05) is 187 Å². The first-order valence-corrected chi connectivity index (χ1v) is 20.7. The maximum absolute atomic E-state index is 11.7. The van der Waals surface area contributed by atoms with Crippen molar-refractivity contribution in [2.45, 2.75) is 219 Å². The summed E-state index contributed by atoms with van der Waals surface area (Å²) < 4.78 is 0. The van der Waals surface area contributed by atoms with Gasteiger partial charge < -0.3 is 22.6 Å². The Morgan fingerprint density at radius 1 is 0.565 bits per heavy atom. The standard InChI is InChI=1S/C23H44ClNO.C18H39N.ClH/c1-4-5-6-7-8-9-10-11-12-13-14-15-16-17-18-22(19-20-24)25-23(26)21(2)3;1-4-5-6-7-8-9-10-11-12-13-14-15-16-17-18-19(2)3;/h22H,2,4-20H2,1,3H3,(H,25,26);4-18H2,1-3H3;1H. The Balaban J connectivity index is -0.000000824. The van der Waals surface area contributed by atoms with E-state index in [4.69, 9.17) is 11.6 Å². The second-order valence-corrected chi connectivity index (χ2v) is 14.7. The van der Waals surface area contributed by atoms with Crippen molar-refractivity contribution in [3.05, 3.63) is 12.2 Å². The molecule has 0 bridgehead atoms. The van der Waals surface area contributed by atoms with E-state index in [1.807, 2.05) is 0 Å². The molecule has 0 aliphatic rings. The van der Waals surface area contributed by atoms with Crippen LogP contribution in [0.1, 0.15) is 213 Å². The minimum Gasteiger partial charge on any atom is -1.00 e. The van der Waals surface area contributed by atoms with Gasteiger partial charge in [0.05, 0.1) is 20.6 Å². The average molecular weight is 692 g/mol. The van der Waals surface area contributed by atoms with Crippen LogP contribution in [0.25, 0.3) is 0 Å². The van der Waals surface area contributed by atoms with Crippen LogP contribution < -0.4 is 22.6 Å². The van der Waals surface area contributed by atoms with Crippen molar-refractivity contribution >= 4 is 17.5 Å². The molecule has 0 aromatic heterocycles. The van der Waals surface area contributed by atoms with Gasteiger partial charge in [-0.25, -0.2) is 0 Å². The second kappa shape index (κ2) is 42.8. The molecule has 0 saturated carbocycles. The summed E-state index contributed by atoms with van der Waals surface area (Å²) in [5.41, 5.74) is 0.575. The maximum Gasteiger partial charge on any atom is 0.246 e. The zero-order chi connectivity index (χ0) is 33.6. The van der Waals surface area contributed by atoms with E-state index in [2.05, 4.69) is 39.8 Å². The first-order valence-electron chi connectivity index (χ1n) is 20.2. The highest BCUT2D eigenvalue weighted by Crippen LogP contribution is 2.15. The van der Waals surface area contributed by atoms with Crippen molar-refractivity contribution in [2.24, 2.45) is 0 Å². The molecule has 0 aromatic rings. The molecular weight excluding hydrogens is 607 g/mol. The van der Waals surface area contributed by atoms with Crippen LogP contribution in [-0.2, 0) is 4.79 Å². The zero-order valence-corrected chi connectivity index (χ0v) is 33.6. The summed E-state index contributed by atoms with van der Waals surface area (Å²) >= 11 is 5.85. The van der Waals surface area contributed by atoms with E-state index in [0.717, 1.165) is 12.8 Å². The number of quaternary nitrogens is 1. The lowest BCUT2D eigenvalue weighted by molar-refractivity contribution is -0.858. The lowest BCUT2D eigenvalue weighted by Crippen LogP contribution is -3.05. The number of hydrogen-bond acceptors (Lipinski definition) is 1. The van der Waals surface area contributed by atoms with Crippen molar-refractivity contribution in [3.8, 4) is 0 Å². The van der Waals surface area contributed by atoms with Gasteiger partial charge in [0, 0.05) is 17.5 Å². The van der Waals surface area contributed by atoms with Gasteiger partial charge in [0.2, 0.25) is 5.91 Å². The molecule has 5 heteroatoms. The molecule has 0 spiro atoms. The Hall–Kier alpha value is -0.250. The minimum absolute atomic E-state index is 0. The summed E-state index contributed by atoms with van der Waals surface area (Å²) in [5, 5.41) is 3.04. The first kappa shape index (κ1) is 50.1. The van der Waals surface area contributed by atoms with E-state index in [-0.39, 0.29) is 24.4 Å². The van der Waals surface area contributed by atoms with E-state index in [0.29, 0.717) is 11.5 Å². The van der Waals surface area contributed by atoms with Crippen LogP contribution >= 0.6 is 11.6 Å². The first-order chi connectivity index (χ1) is 21.9. The Labute approximate surface area is 302 Å². The topological polar surface area (TPSA) is 33.5 Å². The molecule has 0 heterocycles. The summed E-state index contributed by atoms with van der Waals surface area (Å²) in [4.78, 5) is 13.3. The van der Waals surface area contributed by atoms with Gasteiger partial charge in [-0.05, 0) is 32.6 Å². The predicted octanol–water partition coefficient (Wildman–Crippen LogP) is 9.16. The molecule has 2 N–H and O–H groups in total. The number of hydrogen-bond donors (Lipinski definition) is 2. The molecular formula is C41H84Cl2N2O.